The third-order valence-corrected chi connectivity index (χ3v) is 7.17. The largest absolute Gasteiger partial charge is 0.361 e. The lowest BCUT2D eigenvalue weighted by Gasteiger charge is -2.36. The van der Waals surface area contributed by atoms with E-state index in [-0.39, 0.29) is 5.91 Å². The van der Waals surface area contributed by atoms with E-state index in [1.54, 1.807) is 24.5 Å². The standard InChI is InChI=1S/C25H26N8OS/c26-18-19-4-2-12-31(19)13-8-22(30-35-23-6-1-5-21-20(23)7-11-27-21)24(34)32-14-16-33(17-15-32)25-28-9-3-10-29-25/h1-7,9-12,22,27,30H,8,13-17H2. The van der Waals surface area contributed by atoms with Gasteiger partial charge < -0.3 is 19.4 Å². The number of rotatable bonds is 8. The molecule has 0 radical (unpaired) electrons. The van der Waals surface area contributed by atoms with Gasteiger partial charge in [-0.3, -0.25) is 4.79 Å². The topological polar surface area (TPSA) is 106 Å². The van der Waals surface area contributed by atoms with Crippen LogP contribution in [0.15, 0.2) is 72.1 Å². The molecule has 1 aliphatic rings. The van der Waals surface area contributed by atoms with Crippen molar-refractivity contribution in [2.24, 2.45) is 0 Å². The van der Waals surface area contributed by atoms with Crippen molar-refractivity contribution >= 4 is 34.7 Å². The molecule has 10 heteroatoms. The van der Waals surface area contributed by atoms with Crippen molar-refractivity contribution in [3.05, 3.63) is 72.9 Å². The summed E-state index contributed by atoms with van der Waals surface area (Å²) in [5.41, 5.74) is 1.65. The average Bonchev–Trinajstić information content (AvgIpc) is 3.58. The number of aromatic amines is 1. The average molecular weight is 487 g/mol. The zero-order valence-electron chi connectivity index (χ0n) is 19.2. The molecule has 0 spiro atoms. The summed E-state index contributed by atoms with van der Waals surface area (Å²) in [5, 5.41) is 10.5. The number of piperazine rings is 1. The third kappa shape index (κ3) is 5.16. The second-order valence-electron chi connectivity index (χ2n) is 8.32. The summed E-state index contributed by atoms with van der Waals surface area (Å²) in [4.78, 5) is 30.6. The van der Waals surface area contributed by atoms with Gasteiger partial charge in [-0.05, 0) is 54.8 Å². The van der Waals surface area contributed by atoms with Crippen molar-refractivity contribution in [2.45, 2.75) is 23.9 Å². The molecule has 1 aliphatic heterocycles. The molecule has 1 saturated heterocycles. The van der Waals surface area contributed by atoms with Crippen molar-refractivity contribution in [2.75, 3.05) is 31.1 Å². The maximum absolute atomic E-state index is 13.6. The molecule has 178 valence electrons. The summed E-state index contributed by atoms with van der Waals surface area (Å²) >= 11 is 1.48. The fourth-order valence-electron chi connectivity index (χ4n) is 4.29. The fraction of sp³-hybridized carbons (Fsp3) is 0.280. The normalized spacial score (nSPS) is 14.7. The van der Waals surface area contributed by atoms with Crippen LogP contribution in [-0.2, 0) is 11.3 Å². The van der Waals surface area contributed by atoms with Crippen LogP contribution in [0.5, 0.6) is 0 Å². The second-order valence-corrected chi connectivity index (χ2v) is 9.20. The summed E-state index contributed by atoms with van der Waals surface area (Å²) in [5.74, 6) is 0.763. The molecule has 35 heavy (non-hydrogen) atoms. The van der Waals surface area contributed by atoms with Crippen molar-refractivity contribution < 1.29 is 4.79 Å². The van der Waals surface area contributed by atoms with Gasteiger partial charge in [0, 0.05) is 73.3 Å². The quantitative estimate of drug-likeness (QED) is 0.369. The molecule has 1 atom stereocenters. The highest BCUT2D eigenvalue weighted by Crippen LogP contribution is 2.26. The van der Waals surface area contributed by atoms with Gasteiger partial charge in [-0.2, -0.15) is 5.26 Å². The maximum Gasteiger partial charge on any atom is 0.240 e. The van der Waals surface area contributed by atoms with E-state index in [9.17, 15) is 10.1 Å². The van der Waals surface area contributed by atoms with Crippen LogP contribution in [0.1, 0.15) is 12.1 Å². The number of hydrogen-bond donors (Lipinski definition) is 2. The van der Waals surface area contributed by atoms with Crippen LogP contribution < -0.4 is 9.62 Å². The first-order valence-electron chi connectivity index (χ1n) is 11.6. The van der Waals surface area contributed by atoms with Crippen LogP contribution in [0.25, 0.3) is 10.9 Å². The third-order valence-electron chi connectivity index (χ3n) is 6.19. The lowest BCUT2D eigenvalue weighted by molar-refractivity contribution is -0.133. The SMILES string of the molecule is N#Cc1cccn1CCC(NSc1cccc2[nH]ccc12)C(=O)N1CCN(c2ncccn2)CC1. The van der Waals surface area contributed by atoms with Gasteiger partial charge in [-0.1, -0.05) is 6.07 Å². The van der Waals surface area contributed by atoms with Crippen molar-refractivity contribution in [1.29, 1.82) is 5.26 Å². The fourth-order valence-corrected chi connectivity index (χ4v) is 5.22. The Labute approximate surface area is 207 Å². The van der Waals surface area contributed by atoms with E-state index >= 15 is 0 Å². The van der Waals surface area contributed by atoms with E-state index in [4.69, 9.17) is 0 Å². The minimum atomic E-state index is -0.400. The number of amides is 1. The number of hydrogen-bond acceptors (Lipinski definition) is 7. The van der Waals surface area contributed by atoms with Gasteiger partial charge in [0.25, 0.3) is 0 Å². The Morgan fingerprint density at radius 1 is 1.11 bits per heavy atom. The van der Waals surface area contributed by atoms with Gasteiger partial charge in [0.2, 0.25) is 11.9 Å². The molecule has 1 fully saturated rings. The lowest BCUT2D eigenvalue weighted by atomic mass is 10.1. The monoisotopic (exact) mass is 486 g/mol. The van der Waals surface area contributed by atoms with E-state index in [1.165, 1.54) is 11.9 Å². The number of H-pyrrole nitrogens is 1. The van der Waals surface area contributed by atoms with Crippen LogP contribution in [0, 0.1) is 11.3 Å². The van der Waals surface area contributed by atoms with Crippen molar-refractivity contribution in [1.82, 2.24) is 29.1 Å². The Hall–Kier alpha value is -3.81. The number of nitriles is 1. The molecule has 9 nitrogen and oxygen atoms in total. The van der Waals surface area contributed by atoms with Gasteiger partial charge in [0.1, 0.15) is 11.8 Å². The number of nitrogens with one attached hydrogen (secondary N) is 2. The molecule has 0 aliphatic carbocycles. The first kappa shape index (κ1) is 23.0. The van der Waals surface area contributed by atoms with E-state index < -0.39 is 6.04 Å². The van der Waals surface area contributed by atoms with Crippen LogP contribution in [0.4, 0.5) is 5.95 Å². The lowest BCUT2D eigenvalue weighted by Crippen LogP contribution is -2.54. The van der Waals surface area contributed by atoms with E-state index in [0.717, 1.165) is 15.8 Å². The molecule has 1 unspecified atom stereocenters. The summed E-state index contributed by atoms with van der Waals surface area (Å²) in [6.45, 7) is 3.18. The first-order valence-corrected chi connectivity index (χ1v) is 12.4. The van der Waals surface area contributed by atoms with Gasteiger partial charge in [0.05, 0.1) is 6.04 Å². The number of benzene rings is 1. The molecule has 1 aromatic carbocycles. The predicted octanol–water partition coefficient (Wildman–Crippen LogP) is 3.04. The molecule has 3 aromatic heterocycles. The molecular formula is C25H26N8OS. The highest BCUT2D eigenvalue weighted by molar-refractivity contribution is 7.97. The van der Waals surface area contributed by atoms with E-state index in [0.29, 0.717) is 50.8 Å². The van der Waals surface area contributed by atoms with Gasteiger partial charge in [-0.15, -0.1) is 0 Å². The number of carbonyl (C=O) groups is 1. The smallest absolute Gasteiger partial charge is 0.240 e. The minimum absolute atomic E-state index is 0.0676. The number of nitrogens with zero attached hydrogens (tertiary/aromatic N) is 6. The zero-order valence-corrected chi connectivity index (χ0v) is 20.0. The van der Waals surface area contributed by atoms with Gasteiger partial charge in [0.15, 0.2) is 0 Å². The number of carbonyl (C=O) groups excluding carboxylic acids is 1. The van der Waals surface area contributed by atoms with Gasteiger partial charge in [-0.25, -0.2) is 14.7 Å². The molecule has 0 bridgehead atoms. The second kappa shape index (κ2) is 10.6. The maximum atomic E-state index is 13.6. The number of anilines is 1. The molecule has 2 N–H and O–H groups in total. The van der Waals surface area contributed by atoms with Crippen LogP contribution in [-0.4, -0.2) is 62.5 Å². The minimum Gasteiger partial charge on any atom is -0.361 e. The van der Waals surface area contributed by atoms with Crippen LogP contribution in [0.2, 0.25) is 0 Å². The Morgan fingerprint density at radius 3 is 2.74 bits per heavy atom. The Balaban J connectivity index is 1.28. The summed E-state index contributed by atoms with van der Waals surface area (Å²) in [6.07, 6.45) is 7.84. The molecule has 0 saturated carbocycles. The Morgan fingerprint density at radius 2 is 1.94 bits per heavy atom. The number of fused-ring (bicyclic) bond motifs is 1. The Bertz CT molecular complexity index is 1320. The van der Waals surface area contributed by atoms with Crippen LogP contribution in [0.3, 0.4) is 0 Å². The molecule has 4 heterocycles. The van der Waals surface area contributed by atoms with Crippen LogP contribution >= 0.6 is 11.9 Å². The number of aromatic nitrogens is 4. The summed E-state index contributed by atoms with van der Waals surface area (Å²) < 4.78 is 5.33. The molecular weight excluding hydrogens is 460 g/mol. The highest BCUT2D eigenvalue weighted by atomic mass is 32.2. The highest BCUT2D eigenvalue weighted by Gasteiger charge is 2.28. The van der Waals surface area contributed by atoms with E-state index in [2.05, 4.69) is 30.6 Å². The summed E-state index contributed by atoms with van der Waals surface area (Å²) in [7, 11) is 0. The molecule has 1 amide bonds. The van der Waals surface area contributed by atoms with E-state index in [1.807, 2.05) is 52.2 Å². The van der Waals surface area contributed by atoms with Crippen molar-refractivity contribution in [3.63, 3.8) is 0 Å². The van der Waals surface area contributed by atoms with Gasteiger partial charge >= 0.3 is 0 Å². The van der Waals surface area contributed by atoms with Crippen molar-refractivity contribution in [3.8, 4) is 6.07 Å². The molecule has 5 rings (SSSR count). The summed E-state index contributed by atoms with van der Waals surface area (Å²) in [6, 6.07) is 15.4. The Kier molecular flexibility index (Phi) is 6.97. The predicted molar refractivity (Wildman–Crippen MR) is 136 cm³/mol. The first-order chi connectivity index (χ1) is 17.2. The number of aryl methyl sites for hydroxylation is 1. The molecule has 4 aromatic rings. The zero-order chi connectivity index (χ0) is 24.0.